The quantitative estimate of drug-likeness (QED) is 0.662. The third-order valence-electron chi connectivity index (χ3n) is 1.58. The molecular formula is C7H10N4O2. The Hall–Kier alpha value is -1.56. The maximum Gasteiger partial charge on any atom is 0.305 e. The molecule has 0 aliphatic heterocycles. The van der Waals surface area contributed by atoms with E-state index in [-0.39, 0.29) is 6.42 Å². The van der Waals surface area contributed by atoms with Crippen molar-refractivity contribution in [2.75, 3.05) is 0 Å². The molecule has 0 aliphatic carbocycles. The highest BCUT2D eigenvalue weighted by molar-refractivity contribution is 5.67. The van der Waals surface area contributed by atoms with Gasteiger partial charge in [-0.2, -0.15) is 5.10 Å². The van der Waals surface area contributed by atoms with Crippen molar-refractivity contribution in [3.05, 3.63) is 17.7 Å². The van der Waals surface area contributed by atoms with Crippen molar-refractivity contribution in [2.45, 2.75) is 19.4 Å². The van der Waals surface area contributed by atoms with Crippen LogP contribution in [0, 0.1) is 6.92 Å². The van der Waals surface area contributed by atoms with Crippen LogP contribution in [0.3, 0.4) is 0 Å². The third kappa shape index (κ3) is 2.45. The van der Waals surface area contributed by atoms with E-state index in [4.69, 9.17) is 10.8 Å². The molecule has 6 heteroatoms. The third-order valence-corrected chi connectivity index (χ3v) is 1.58. The summed E-state index contributed by atoms with van der Waals surface area (Å²) >= 11 is 0. The Morgan fingerprint density at radius 2 is 2.46 bits per heavy atom. The topological polar surface area (TPSA) is 102 Å². The second-order valence-electron chi connectivity index (χ2n) is 2.64. The molecule has 1 heterocycles. The van der Waals surface area contributed by atoms with Gasteiger partial charge in [-0.1, -0.05) is 0 Å². The zero-order valence-corrected chi connectivity index (χ0v) is 7.14. The Bertz CT molecular complexity index is 315. The summed E-state index contributed by atoms with van der Waals surface area (Å²) in [5, 5.41) is 15.8. The highest BCUT2D eigenvalue weighted by Crippen LogP contribution is 2.12. The fourth-order valence-electron chi connectivity index (χ4n) is 0.966. The van der Waals surface area contributed by atoms with E-state index in [0.717, 1.165) is 0 Å². The van der Waals surface area contributed by atoms with Gasteiger partial charge in [-0.3, -0.25) is 4.79 Å². The highest BCUT2D eigenvalue weighted by atomic mass is 16.4. The number of hydrogen-bond acceptors (Lipinski definition) is 5. The van der Waals surface area contributed by atoms with Gasteiger partial charge in [-0.25, -0.2) is 4.98 Å². The van der Waals surface area contributed by atoms with E-state index < -0.39 is 12.0 Å². The van der Waals surface area contributed by atoms with Gasteiger partial charge in [0.1, 0.15) is 12.0 Å². The number of aryl methyl sites for hydroxylation is 1. The van der Waals surface area contributed by atoms with Crippen LogP contribution in [0.5, 0.6) is 0 Å². The first-order chi connectivity index (χ1) is 6.11. The first-order valence-corrected chi connectivity index (χ1v) is 3.73. The monoisotopic (exact) mass is 182 g/mol. The van der Waals surface area contributed by atoms with Crippen LogP contribution in [0.1, 0.15) is 23.9 Å². The fraction of sp³-hybridized carbons (Fsp3) is 0.429. The molecule has 0 saturated heterocycles. The van der Waals surface area contributed by atoms with E-state index in [2.05, 4.69) is 15.2 Å². The van der Waals surface area contributed by atoms with E-state index in [1.54, 1.807) is 6.92 Å². The first-order valence-electron chi connectivity index (χ1n) is 3.73. The lowest BCUT2D eigenvalue weighted by atomic mass is 10.1. The molecule has 1 unspecified atom stereocenters. The number of aromatic nitrogens is 3. The minimum Gasteiger partial charge on any atom is -0.481 e. The molecule has 1 atom stereocenters. The Labute approximate surface area is 74.8 Å². The number of carboxylic acids is 1. The summed E-state index contributed by atoms with van der Waals surface area (Å²) in [6, 6.07) is -0.640. The van der Waals surface area contributed by atoms with Crippen LogP contribution in [0.2, 0.25) is 0 Å². The lowest BCUT2D eigenvalue weighted by Crippen LogP contribution is -2.18. The zero-order valence-electron chi connectivity index (χ0n) is 7.14. The summed E-state index contributed by atoms with van der Waals surface area (Å²) in [6.45, 7) is 1.71. The Morgan fingerprint density at radius 3 is 3.00 bits per heavy atom. The van der Waals surface area contributed by atoms with Gasteiger partial charge < -0.3 is 10.8 Å². The predicted molar refractivity (Wildman–Crippen MR) is 43.7 cm³/mol. The molecule has 1 aromatic rings. The zero-order chi connectivity index (χ0) is 9.84. The highest BCUT2D eigenvalue weighted by Gasteiger charge is 2.14. The Morgan fingerprint density at radius 1 is 1.77 bits per heavy atom. The standard InChI is InChI=1S/C7H10N4O2/c1-4-7(11-10-3-9-4)5(8)2-6(12)13/h3,5H,2,8H2,1H3,(H,12,13). The largest absolute Gasteiger partial charge is 0.481 e. The molecule has 1 rings (SSSR count). The Kier molecular flexibility index (Phi) is 2.86. The van der Waals surface area contributed by atoms with Gasteiger partial charge in [-0.15, -0.1) is 5.10 Å². The van der Waals surface area contributed by atoms with Gasteiger partial charge in [0.25, 0.3) is 0 Å². The lowest BCUT2D eigenvalue weighted by molar-refractivity contribution is -0.137. The van der Waals surface area contributed by atoms with Crippen LogP contribution in [0.25, 0.3) is 0 Å². The number of hydrogen-bond donors (Lipinski definition) is 2. The second kappa shape index (κ2) is 3.90. The molecule has 70 valence electrons. The van der Waals surface area contributed by atoms with E-state index in [1.807, 2.05) is 0 Å². The van der Waals surface area contributed by atoms with Crippen LogP contribution in [-0.2, 0) is 4.79 Å². The van der Waals surface area contributed by atoms with Crippen molar-refractivity contribution in [3.8, 4) is 0 Å². The predicted octanol–water partition coefficient (Wildman–Crippen LogP) is -0.345. The molecule has 0 bridgehead atoms. The minimum absolute atomic E-state index is 0.165. The maximum absolute atomic E-state index is 10.3. The normalized spacial score (nSPS) is 12.5. The van der Waals surface area contributed by atoms with Crippen LogP contribution in [0.15, 0.2) is 6.33 Å². The fourth-order valence-corrected chi connectivity index (χ4v) is 0.966. The van der Waals surface area contributed by atoms with Crippen molar-refractivity contribution < 1.29 is 9.90 Å². The summed E-state index contributed by atoms with van der Waals surface area (Å²) in [5.74, 6) is -0.961. The number of carbonyl (C=O) groups is 1. The summed E-state index contributed by atoms with van der Waals surface area (Å²) in [7, 11) is 0. The summed E-state index contributed by atoms with van der Waals surface area (Å²) in [6.07, 6.45) is 1.13. The van der Waals surface area contributed by atoms with Gasteiger partial charge in [0.2, 0.25) is 0 Å². The van der Waals surface area contributed by atoms with Gasteiger partial charge in [0.15, 0.2) is 0 Å². The minimum atomic E-state index is -0.961. The summed E-state index contributed by atoms with van der Waals surface area (Å²) in [4.78, 5) is 14.2. The van der Waals surface area contributed by atoms with Crippen LogP contribution in [-0.4, -0.2) is 26.3 Å². The van der Waals surface area contributed by atoms with Crippen molar-refractivity contribution in [2.24, 2.45) is 5.73 Å². The molecule has 0 saturated carbocycles. The van der Waals surface area contributed by atoms with E-state index in [1.165, 1.54) is 6.33 Å². The first kappa shape index (κ1) is 9.53. The SMILES string of the molecule is Cc1ncnnc1C(N)CC(=O)O. The molecule has 13 heavy (non-hydrogen) atoms. The molecule has 0 aliphatic rings. The summed E-state index contributed by atoms with van der Waals surface area (Å²) in [5.41, 5.74) is 6.62. The van der Waals surface area contributed by atoms with Crippen molar-refractivity contribution in [1.82, 2.24) is 15.2 Å². The number of nitrogens with two attached hydrogens (primary N) is 1. The number of rotatable bonds is 3. The van der Waals surface area contributed by atoms with Crippen LogP contribution in [0.4, 0.5) is 0 Å². The molecule has 1 aromatic heterocycles. The molecule has 0 radical (unpaired) electrons. The van der Waals surface area contributed by atoms with Gasteiger partial charge in [0, 0.05) is 0 Å². The molecule has 0 spiro atoms. The maximum atomic E-state index is 10.3. The number of nitrogens with zero attached hydrogens (tertiary/aromatic N) is 3. The van der Waals surface area contributed by atoms with Gasteiger partial charge in [-0.05, 0) is 6.92 Å². The Balaban J connectivity index is 2.82. The average molecular weight is 182 g/mol. The molecule has 0 fully saturated rings. The van der Waals surface area contributed by atoms with Crippen LogP contribution >= 0.6 is 0 Å². The second-order valence-corrected chi connectivity index (χ2v) is 2.64. The molecule has 3 N–H and O–H groups in total. The van der Waals surface area contributed by atoms with E-state index >= 15 is 0 Å². The number of carboxylic acid groups (broad SMARTS) is 1. The van der Waals surface area contributed by atoms with Gasteiger partial charge >= 0.3 is 5.97 Å². The molecule has 0 aromatic carbocycles. The van der Waals surface area contributed by atoms with Crippen molar-refractivity contribution >= 4 is 5.97 Å². The van der Waals surface area contributed by atoms with Crippen molar-refractivity contribution in [3.63, 3.8) is 0 Å². The lowest BCUT2D eigenvalue weighted by Gasteiger charge is -2.08. The molecule has 0 amide bonds. The molecular weight excluding hydrogens is 172 g/mol. The van der Waals surface area contributed by atoms with E-state index in [0.29, 0.717) is 11.4 Å². The average Bonchev–Trinajstić information content (AvgIpc) is 2.03. The van der Waals surface area contributed by atoms with Gasteiger partial charge in [0.05, 0.1) is 18.2 Å². The number of aliphatic carboxylic acids is 1. The summed E-state index contributed by atoms with van der Waals surface area (Å²) < 4.78 is 0. The van der Waals surface area contributed by atoms with E-state index in [9.17, 15) is 4.79 Å². The molecule has 6 nitrogen and oxygen atoms in total. The van der Waals surface area contributed by atoms with Crippen LogP contribution < -0.4 is 5.73 Å². The van der Waals surface area contributed by atoms with Crippen molar-refractivity contribution in [1.29, 1.82) is 0 Å². The smallest absolute Gasteiger partial charge is 0.305 e.